The van der Waals surface area contributed by atoms with Crippen LogP contribution in [0, 0.1) is 0 Å². The standard InChI is InChI=1S/C25H49N2O/c1-3-5-6-7-8-9-10-11-12-13-14-15-16-17-18-19-20-25-26-21-22-27(25,4-2)23-24-28/h14-15,21,25,28H,3-13,16-20,22-24H2,1-2H3/q+1/b15-14+. The third kappa shape index (κ3) is 10.8. The minimum Gasteiger partial charge on any atom is -0.391 e. The van der Waals surface area contributed by atoms with Crippen LogP contribution in [0.15, 0.2) is 17.1 Å². The van der Waals surface area contributed by atoms with Crippen molar-refractivity contribution in [2.45, 2.75) is 116 Å². The maximum Gasteiger partial charge on any atom is 0.182 e. The fourth-order valence-electron chi connectivity index (χ4n) is 4.45. The molecule has 3 nitrogen and oxygen atoms in total. The van der Waals surface area contributed by atoms with E-state index in [1.54, 1.807) is 0 Å². The first-order valence-corrected chi connectivity index (χ1v) is 12.4. The second-order valence-electron chi connectivity index (χ2n) is 8.70. The van der Waals surface area contributed by atoms with E-state index in [9.17, 15) is 5.11 Å². The lowest BCUT2D eigenvalue weighted by Gasteiger charge is -2.37. The Balaban J connectivity index is 1.91. The number of nitrogens with zero attached hydrogens (tertiary/aromatic N) is 2. The van der Waals surface area contributed by atoms with Gasteiger partial charge in [-0.15, -0.1) is 0 Å². The Bertz CT molecular complexity index is 407. The predicted octanol–water partition coefficient (Wildman–Crippen LogP) is 6.65. The van der Waals surface area contributed by atoms with Crippen molar-refractivity contribution >= 4 is 6.21 Å². The summed E-state index contributed by atoms with van der Waals surface area (Å²) < 4.78 is 0.967. The minimum absolute atomic E-state index is 0.275. The molecule has 1 N–H and O–H groups in total. The molecule has 0 saturated heterocycles. The van der Waals surface area contributed by atoms with E-state index >= 15 is 0 Å². The summed E-state index contributed by atoms with van der Waals surface area (Å²) >= 11 is 0. The molecule has 0 fully saturated rings. The number of unbranched alkanes of at least 4 members (excludes halogenated alkanes) is 12. The van der Waals surface area contributed by atoms with Crippen LogP contribution in [0.3, 0.4) is 0 Å². The van der Waals surface area contributed by atoms with Crippen molar-refractivity contribution < 1.29 is 9.59 Å². The van der Waals surface area contributed by atoms with Crippen molar-refractivity contribution in [3.63, 3.8) is 0 Å². The Labute approximate surface area is 175 Å². The molecule has 0 spiro atoms. The van der Waals surface area contributed by atoms with Crippen molar-refractivity contribution in [1.82, 2.24) is 0 Å². The highest BCUT2D eigenvalue weighted by Gasteiger charge is 2.36. The monoisotopic (exact) mass is 393 g/mol. The number of aliphatic imine (C=N–C) groups is 1. The molecule has 3 heteroatoms. The number of aliphatic hydroxyl groups is 1. The molecule has 0 aromatic carbocycles. The van der Waals surface area contributed by atoms with Crippen LogP contribution in [0.4, 0.5) is 0 Å². The molecular formula is C25H49N2O+. The van der Waals surface area contributed by atoms with Crippen LogP contribution < -0.4 is 0 Å². The molecule has 0 aliphatic carbocycles. The summed E-state index contributed by atoms with van der Waals surface area (Å²) in [6, 6.07) is 0. The first kappa shape index (κ1) is 25.4. The number of quaternary nitrogens is 1. The summed E-state index contributed by atoms with van der Waals surface area (Å²) in [6.45, 7) is 7.72. The van der Waals surface area contributed by atoms with Crippen LogP contribution in [0.1, 0.15) is 110 Å². The molecule has 0 radical (unpaired) electrons. The number of hydrogen-bond donors (Lipinski definition) is 1. The molecule has 0 amide bonds. The molecule has 1 aliphatic rings. The van der Waals surface area contributed by atoms with E-state index in [1.165, 1.54) is 96.3 Å². The number of likely N-dealkylation sites (N-methyl/N-ethyl adjacent to an activating group) is 1. The van der Waals surface area contributed by atoms with Gasteiger partial charge in [-0.3, -0.25) is 4.48 Å². The lowest BCUT2D eigenvalue weighted by molar-refractivity contribution is -0.936. The van der Waals surface area contributed by atoms with Gasteiger partial charge in [0.25, 0.3) is 0 Å². The van der Waals surface area contributed by atoms with E-state index in [1.807, 2.05) is 0 Å². The van der Waals surface area contributed by atoms with Crippen LogP contribution in [0.25, 0.3) is 0 Å². The van der Waals surface area contributed by atoms with Crippen LogP contribution in [-0.4, -0.2) is 48.2 Å². The normalized spacial score (nSPS) is 21.9. The zero-order valence-corrected chi connectivity index (χ0v) is 19.1. The predicted molar refractivity (Wildman–Crippen MR) is 124 cm³/mol. The Morgan fingerprint density at radius 3 is 2.00 bits per heavy atom. The highest BCUT2D eigenvalue weighted by atomic mass is 16.3. The summed E-state index contributed by atoms with van der Waals surface area (Å²) in [5.41, 5.74) is 0. The molecular weight excluding hydrogens is 344 g/mol. The number of hydrogen-bond acceptors (Lipinski definition) is 2. The minimum atomic E-state index is 0.275. The molecule has 0 bridgehead atoms. The maximum atomic E-state index is 9.37. The molecule has 2 unspecified atom stereocenters. The van der Waals surface area contributed by atoms with Gasteiger partial charge in [-0.1, -0.05) is 76.9 Å². The Kier molecular flexibility index (Phi) is 15.6. The first-order valence-electron chi connectivity index (χ1n) is 12.4. The molecule has 0 saturated carbocycles. The molecule has 164 valence electrons. The fourth-order valence-corrected chi connectivity index (χ4v) is 4.45. The van der Waals surface area contributed by atoms with Crippen molar-refractivity contribution in [1.29, 1.82) is 0 Å². The van der Waals surface area contributed by atoms with Crippen LogP contribution >= 0.6 is 0 Å². The van der Waals surface area contributed by atoms with Gasteiger partial charge in [0, 0.05) is 6.42 Å². The zero-order chi connectivity index (χ0) is 20.3. The van der Waals surface area contributed by atoms with Crippen LogP contribution in [0.5, 0.6) is 0 Å². The third-order valence-electron chi connectivity index (χ3n) is 6.50. The van der Waals surface area contributed by atoms with Crippen LogP contribution in [-0.2, 0) is 0 Å². The van der Waals surface area contributed by atoms with E-state index in [0.717, 1.165) is 24.1 Å². The first-order chi connectivity index (χ1) is 13.8. The van der Waals surface area contributed by atoms with Gasteiger partial charge in [-0.25, -0.2) is 4.99 Å². The van der Waals surface area contributed by atoms with Gasteiger partial charge in [0.2, 0.25) is 0 Å². The zero-order valence-electron chi connectivity index (χ0n) is 19.1. The van der Waals surface area contributed by atoms with Crippen molar-refractivity contribution in [2.24, 2.45) is 4.99 Å². The highest BCUT2D eigenvalue weighted by Crippen LogP contribution is 2.23. The third-order valence-corrected chi connectivity index (χ3v) is 6.50. The largest absolute Gasteiger partial charge is 0.391 e. The SMILES string of the molecule is CCCCCCCCCCC/C=C/CCCCCC1N=CC[N+]1(CC)CCO. The lowest BCUT2D eigenvalue weighted by atomic mass is 10.1. The molecule has 0 aromatic heterocycles. The number of aliphatic hydroxyl groups excluding tert-OH is 1. The van der Waals surface area contributed by atoms with Crippen LogP contribution in [0.2, 0.25) is 0 Å². The van der Waals surface area contributed by atoms with Crippen molar-refractivity contribution in [2.75, 3.05) is 26.2 Å². The van der Waals surface area contributed by atoms with Gasteiger partial charge in [0.15, 0.2) is 6.17 Å². The second-order valence-corrected chi connectivity index (χ2v) is 8.70. The summed E-state index contributed by atoms with van der Waals surface area (Å²) in [5, 5.41) is 9.37. The van der Waals surface area contributed by atoms with E-state index in [-0.39, 0.29) is 6.61 Å². The topological polar surface area (TPSA) is 32.6 Å². The average Bonchev–Trinajstić information content (AvgIpc) is 3.11. The summed E-state index contributed by atoms with van der Waals surface area (Å²) in [7, 11) is 0. The van der Waals surface area contributed by atoms with Crippen molar-refractivity contribution in [3.8, 4) is 0 Å². The Morgan fingerprint density at radius 1 is 0.857 bits per heavy atom. The summed E-state index contributed by atoms with van der Waals surface area (Å²) in [4.78, 5) is 4.71. The maximum absolute atomic E-state index is 9.37. The molecule has 1 aliphatic heterocycles. The van der Waals surface area contributed by atoms with E-state index in [0.29, 0.717) is 6.17 Å². The summed E-state index contributed by atoms with van der Waals surface area (Å²) in [5.74, 6) is 0. The van der Waals surface area contributed by atoms with Gasteiger partial charge < -0.3 is 5.11 Å². The quantitative estimate of drug-likeness (QED) is 0.149. The molecule has 1 heterocycles. The molecule has 28 heavy (non-hydrogen) atoms. The molecule has 2 atom stereocenters. The molecule has 0 aromatic rings. The highest BCUT2D eigenvalue weighted by molar-refractivity contribution is 5.60. The smallest absolute Gasteiger partial charge is 0.182 e. The molecule has 1 rings (SSSR count). The van der Waals surface area contributed by atoms with E-state index < -0.39 is 0 Å². The Morgan fingerprint density at radius 2 is 1.43 bits per heavy atom. The van der Waals surface area contributed by atoms with E-state index in [4.69, 9.17) is 4.99 Å². The lowest BCUT2D eigenvalue weighted by Crippen LogP contribution is -2.53. The second kappa shape index (κ2) is 17.2. The van der Waals surface area contributed by atoms with Gasteiger partial charge in [0.1, 0.15) is 13.1 Å². The van der Waals surface area contributed by atoms with Gasteiger partial charge in [-0.05, 0) is 39.0 Å². The van der Waals surface area contributed by atoms with E-state index in [2.05, 4.69) is 32.2 Å². The average molecular weight is 394 g/mol. The Hall–Kier alpha value is -0.670. The number of allylic oxidation sites excluding steroid dienone is 2. The van der Waals surface area contributed by atoms with Gasteiger partial charge >= 0.3 is 0 Å². The van der Waals surface area contributed by atoms with Gasteiger partial charge in [0.05, 0.1) is 19.4 Å². The van der Waals surface area contributed by atoms with Gasteiger partial charge in [-0.2, -0.15) is 0 Å². The number of rotatable bonds is 19. The fraction of sp³-hybridized carbons (Fsp3) is 0.880. The van der Waals surface area contributed by atoms with Crippen molar-refractivity contribution in [3.05, 3.63) is 12.2 Å². The summed E-state index contributed by atoms with van der Waals surface area (Å²) in [6.07, 6.45) is 27.6.